The molecule has 102 valence electrons. The fraction of sp³-hybridized carbons (Fsp3) is 0.125. The highest BCUT2D eigenvalue weighted by molar-refractivity contribution is 7.80. The van der Waals surface area contributed by atoms with Crippen LogP contribution in [0, 0.1) is 18.8 Å². The summed E-state index contributed by atoms with van der Waals surface area (Å²) < 4.78 is 17.0. The summed E-state index contributed by atoms with van der Waals surface area (Å²) in [5.41, 5.74) is 1.85. The van der Waals surface area contributed by atoms with E-state index in [2.05, 4.69) is 11.8 Å². The Morgan fingerprint density at radius 3 is 2.55 bits per heavy atom. The maximum absolute atomic E-state index is 11.8. The topological polar surface area (TPSA) is 26.3 Å². The fourth-order valence-corrected chi connectivity index (χ4v) is 2.34. The molecule has 1 atom stereocenters. The first-order chi connectivity index (χ1) is 9.66. The molecule has 0 fully saturated rings. The average molecular weight is 305 g/mol. The van der Waals surface area contributed by atoms with E-state index >= 15 is 0 Å². The number of aryl methyl sites for hydroxylation is 1. The molecule has 0 aliphatic rings. The van der Waals surface area contributed by atoms with Crippen LogP contribution in [0.2, 0.25) is 5.02 Å². The normalized spacial score (nSPS) is 11.5. The van der Waals surface area contributed by atoms with Gasteiger partial charge in [0.1, 0.15) is 6.61 Å². The molecule has 0 amide bonds. The van der Waals surface area contributed by atoms with Gasteiger partial charge in [0.15, 0.2) is 11.1 Å². The van der Waals surface area contributed by atoms with Crippen molar-refractivity contribution in [2.45, 2.75) is 11.8 Å². The van der Waals surface area contributed by atoms with E-state index in [1.54, 1.807) is 18.2 Å². The second kappa shape index (κ2) is 7.25. The fourth-order valence-electron chi connectivity index (χ4n) is 1.49. The standard InChI is InChI=1S/C16H13ClO2S/c1-13-8-10-15(11-9-13)20(18)19-12-4-6-14-5-2-3-7-16(14)17/h2-3,5,7-11H,12H2,1H3/t20-/m0/s1. The largest absolute Gasteiger partial charge is 0.274 e. The van der Waals surface area contributed by atoms with Crippen LogP contribution in [0.5, 0.6) is 0 Å². The molecule has 0 unspecified atom stereocenters. The van der Waals surface area contributed by atoms with E-state index in [1.165, 1.54) is 0 Å². The third kappa shape index (κ3) is 4.21. The molecule has 0 saturated heterocycles. The average Bonchev–Trinajstić information content (AvgIpc) is 2.46. The van der Waals surface area contributed by atoms with E-state index in [9.17, 15) is 4.21 Å². The summed E-state index contributed by atoms with van der Waals surface area (Å²) in [7, 11) is 0. The molecule has 0 radical (unpaired) electrons. The summed E-state index contributed by atoms with van der Waals surface area (Å²) in [5, 5.41) is 0.597. The first-order valence-electron chi connectivity index (χ1n) is 6.02. The van der Waals surface area contributed by atoms with Gasteiger partial charge < -0.3 is 0 Å². The monoisotopic (exact) mass is 304 g/mol. The van der Waals surface area contributed by atoms with Gasteiger partial charge in [-0.3, -0.25) is 4.18 Å². The molecule has 20 heavy (non-hydrogen) atoms. The van der Waals surface area contributed by atoms with Crippen LogP contribution in [-0.4, -0.2) is 10.8 Å². The van der Waals surface area contributed by atoms with Crippen molar-refractivity contribution in [1.82, 2.24) is 0 Å². The summed E-state index contributed by atoms with van der Waals surface area (Å²) in [6, 6.07) is 14.7. The zero-order chi connectivity index (χ0) is 14.4. The number of hydrogen-bond donors (Lipinski definition) is 0. The van der Waals surface area contributed by atoms with Crippen molar-refractivity contribution in [3.05, 3.63) is 64.7 Å². The lowest BCUT2D eigenvalue weighted by Gasteiger charge is -2.00. The van der Waals surface area contributed by atoms with E-state index < -0.39 is 11.1 Å². The maximum atomic E-state index is 11.8. The Morgan fingerprint density at radius 1 is 1.15 bits per heavy atom. The minimum Gasteiger partial charge on any atom is -0.274 e. The number of halogens is 1. The van der Waals surface area contributed by atoms with Crippen molar-refractivity contribution in [1.29, 1.82) is 0 Å². The minimum absolute atomic E-state index is 0.0890. The van der Waals surface area contributed by atoms with Gasteiger partial charge in [0.2, 0.25) is 0 Å². The van der Waals surface area contributed by atoms with Gasteiger partial charge >= 0.3 is 0 Å². The van der Waals surface area contributed by atoms with Crippen molar-refractivity contribution >= 4 is 22.7 Å². The molecule has 0 N–H and O–H groups in total. The van der Waals surface area contributed by atoms with E-state index in [0.29, 0.717) is 9.92 Å². The molecular weight excluding hydrogens is 292 g/mol. The molecule has 2 rings (SSSR count). The van der Waals surface area contributed by atoms with Gasteiger partial charge in [0.05, 0.1) is 9.92 Å². The van der Waals surface area contributed by atoms with Gasteiger partial charge in [0, 0.05) is 5.56 Å². The molecule has 2 aromatic rings. The number of rotatable bonds is 3. The van der Waals surface area contributed by atoms with Crippen LogP contribution in [0.25, 0.3) is 0 Å². The molecule has 0 bridgehead atoms. The summed E-state index contributed by atoms with van der Waals surface area (Å²) in [4.78, 5) is 0.634. The molecular formula is C16H13ClO2S. The van der Waals surface area contributed by atoms with Crippen molar-refractivity contribution < 1.29 is 8.39 Å². The maximum Gasteiger partial charge on any atom is 0.190 e. The lowest BCUT2D eigenvalue weighted by atomic mass is 10.2. The lowest BCUT2D eigenvalue weighted by Crippen LogP contribution is -1.98. The predicted octanol–water partition coefficient (Wildman–Crippen LogP) is 3.74. The van der Waals surface area contributed by atoms with Crippen LogP contribution in [0.3, 0.4) is 0 Å². The smallest absolute Gasteiger partial charge is 0.190 e. The molecule has 0 saturated carbocycles. The van der Waals surface area contributed by atoms with Gasteiger partial charge in [0.25, 0.3) is 0 Å². The molecule has 0 aliphatic carbocycles. The Hall–Kier alpha value is -1.60. The van der Waals surface area contributed by atoms with Gasteiger partial charge in [-0.25, -0.2) is 4.21 Å². The van der Waals surface area contributed by atoms with Crippen LogP contribution < -0.4 is 0 Å². The predicted molar refractivity (Wildman–Crippen MR) is 81.9 cm³/mol. The lowest BCUT2D eigenvalue weighted by molar-refractivity contribution is 0.402. The van der Waals surface area contributed by atoms with Crippen molar-refractivity contribution in [2.75, 3.05) is 6.61 Å². The second-order valence-corrected chi connectivity index (χ2v) is 5.68. The third-order valence-corrected chi connectivity index (χ3v) is 3.87. The summed E-state index contributed by atoms with van der Waals surface area (Å²) in [5.74, 6) is 5.69. The molecule has 0 heterocycles. The van der Waals surface area contributed by atoms with Crippen LogP contribution in [0.1, 0.15) is 11.1 Å². The Balaban J connectivity index is 1.92. The summed E-state index contributed by atoms with van der Waals surface area (Å²) >= 11 is 4.48. The molecule has 0 spiro atoms. The van der Waals surface area contributed by atoms with E-state index in [0.717, 1.165) is 11.1 Å². The van der Waals surface area contributed by atoms with E-state index in [1.807, 2.05) is 37.3 Å². The van der Waals surface area contributed by atoms with Crippen LogP contribution in [-0.2, 0) is 15.3 Å². The Morgan fingerprint density at radius 2 is 1.85 bits per heavy atom. The highest BCUT2D eigenvalue weighted by Gasteiger charge is 2.02. The Kier molecular flexibility index (Phi) is 5.37. The molecule has 4 heteroatoms. The SMILES string of the molecule is Cc1ccc([S@@](=O)OCC#Cc2ccccc2Cl)cc1. The number of benzene rings is 2. The molecule has 0 aromatic heterocycles. The highest BCUT2D eigenvalue weighted by Crippen LogP contribution is 2.13. The van der Waals surface area contributed by atoms with Gasteiger partial charge in [-0.2, -0.15) is 0 Å². The van der Waals surface area contributed by atoms with Crippen molar-refractivity contribution in [3.8, 4) is 11.8 Å². The van der Waals surface area contributed by atoms with Gasteiger partial charge in [-0.15, -0.1) is 0 Å². The first-order valence-corrected chi connectivity index (χ1v) is 7.47. The zero-order valence-electron chi connectivity index (χ0n) is 10.9. The molecule has 2 nitrogen and oxygen atoms in total. The Labute approximate surface area is 126 Å². The van der Waals surface area contributed by atoms with Crippen molar-refractivity contribution in [3.63, 3.8) is 0 Å². The van der Waals surface area contributed by atoms with Crippen LogP contribution in [0.15, 0.2) is 53.4 Å². The van der Waals surface area contributed by atoms with E-state index in [4.69, 9.17) is 15.8 Å². The van der Waals surface area contributed by atoms with Gasteiger partial charge in [-0.05, 0) is 31.2 Å². The quantitative estimate of drug-likeness (QED) is 0.808. The van der Waals surface area contributed by atoms with E-state index in [-0.39, 0.29) is 6.61 Å². The van der Waals surface area contributed by atoms with Crippen molar-refractivity contribution in [2.24, 2.45) is 0 Å². The third-order valence-electron chi connectivity index (χ3n) is 2.55. The molecule has 2 aromatic carbocycles. The first kappa shape index (κ1) is 14.8. The van der Waals surface area contributed by atoms with Crippen LogP contribution >= 0.6 is 11.6 Å². The zero-order valence-corrected chi connectivity index (χ0v) is 12.5. The summed E-state index contributed by atoms with van der Waals surface area (Å²) in [6.07, 6.45) is 0. The molecule has 0 aliphatic heterocycles. The number of hydrogen-bond acceptors (Lipinski definition) is 2. The highest BCUT2D eigenvalue weighted by atomic mass is 35.5. The van der Waals surface area contributed by atoms with Crippen LogP contribution in [0.4, 0.5) is 0 Å². The summed E-state index contributed by atoms with van der Waals surface area (Å²) in [6.45, 7) is 2.06. The second-order valence-electron chi connectivity index (χ2n) is 4.09. The van der Waals surface area contributed by atoms with Gasteiger partial charge in [-0.1, -0.05) is 53.3 Å². The minimum atomic E-state index is -1.49. The Bertz CT molecular complexity index is 669.